The Kier molecular flexibility index (Phi) is 1.37. The van der Waals surface area contributed by atoms with Gasteiger partial charge in [-0.2, -0.15) is 5.10 Å². The maximum absolute atomic E-state index is 5.77. The minimum atomic E-state index is 0.649. The molecule has 60 valence electrons. The summed E-state index contributed by atoms with van der Waals surface area (Å²) in [5.74, 6) is 0.649. The fraction of sp³-hybridized carbons (Fsp3) is 0.625. The van der Waals surface area contributed by atoms with Crippen LogP contribution < -0.4 is 5.73 Å². The molecule has 1 saturated carbocycles. The zero-order valence-electron chi connectivity index (χ0n) is 6.75. The minimum Gasteiger partial charge on any atom is -0.396 e. The third-order valence-electron chi connectivity index (χ3n) is 2.38. The van der Waals surface area contributed by atoms with Gasteiger partial charge in [-0.3, -0.25) is 4.68 Å². The second kappa shape index (κ2) is 2.26. The molecule has 0 spiro atoms. The van der Waals surface area contributed by atoms with E-state index in [1.165, 1.54) is 19.3 Å². The van der Waals surface area contributed by atoms with Gasteiger partial charge in [-0.15, -0.1) is 0 Å². The van der Waals surface area contributed by atoms with Crippen LogP contribution in [0.1, 0.15) is 30.9 Å². The van der Waals surface area contributed by atoms with E-state index < -0.39 is 0 Å². The van der Waals surface area contributed by atoms with E-state index in [4.69, 9.17) is 5.73 Å². The highest BCUT2D eigenvalue weighted by Crippen LogP contribution is 2.37. The quantitative estimate of drug-likeness (QED) is 0.656. The predicted octanol–water partition coefficient (Wildman–Crippen LogP) is 1.27. The van der Waals surface area contributed by atoms with Crippen molar-refractivity contribution in [3.05, 3.63) is 11.9 Å². The molecule has 3 heteroatoms. The molecule has 0 aliphatic heterocycles. The van der Waals surface area contributed by atoms with Gasteiger partial charge in [-0.25, -0.2) is 0 Å². The average molecular weight is 151 g/mol. The maximum Gasteiger partial charge on any atom is 0.0884 e. The van der Waals surface area contributed by atoms with E-state index in [9.17, 15) is 0 Å². The van der Waals surface area contributed by atoms with Gasteiger partial charge >= 0.3 is 0 Å². The molecular weight excluding hydrogens is 138 g/mol. The maximum atomic E-state index is 5.77. The first-order valence-electron chi connectivity index (χ1n) is 4.06. The van der Waals surface area contributed by atoms with Crippen molar-refractivity contribution in [2.75, 3.05) is 5.73 Å². The summed E-state index contributed by atoms with van der Waals surface area (Å²) in [6.07, 6.45) is 5.75. The standard InChI is InChI=1S/C8H13N3/c1-11-5-7(9)8(10-11)6-3-2-4-6/h5-6H,2-4,9H2,1H3. The summed E-state index contributed by atoms with van der Waals surface area (Å²) in [7, 11) is 1.92. The Morgan fingerprint density at radius 2 is 2.36 bits per heavy atom. The molecule has 0 bridgehead atoms. The molecule has 0 saturated heterocycles. The van der Waals surface area contributed by atoms with E-state index in [2.05, 4.69) is 5.10 Å². The second-order valence-electron chi connectivity index (χ2n) is 3.27. The van der Waals surface area contributed by atoms with Crippen molar-refractivity contribution in [1.82, 2.24) is 9.78 Å². The van der Waals surface area contributed by atoms with E-state index in [0.29, 0.717) is 5.92 Å². The number of anilines is 1. The molecule has 3 nitrogen and oxygen atoms in total. The van der Waals surface area contributed by atoms with Gasteiger partial charge in [0.1, 0.15) is 0 Å². The number of aryl methyl sites for hydroxylation is 1. The second-order valence-corrected chi connectivity index (χ2v) is 3.27. The smallest absolute Gasteiger partial charge is 0.0884 e. The van der Waals surface area contributed by atoms with Gasteiger partial charge in [0.15, 0.2) is 0 Å². The summed E-state index contributed by atoms with van der Waals surface area (Å²) < 4.78 is 1.79. The van der Waals surface area contributed by atoms with E-state index in [1.54, 1.807) is 4.68 Å². The molecule has 0 atom stereocenters. The van der Waals surface area contributed by atoms with Crippen molar-refractivity contribution in [2.24, 2.45) is 7.05 Å². The zero-order valence-corrected chi connectivity index (χ0v) is 6.75. The third kappa shape index (κ3) is 1.00. The summed E-state index contributed by atoms with van der Waals surface area (Å²) in [5, 5.41) is 4.32. The lowest BCUT2D eigenvalue weighted by Gasteiger charge is -2.23. The Balaban J connectivity index is 2.28. The largest absolute Gasteiger partial charge is 0.396 e. The van der Waals surface area contributed by atoms with Gasteiger partial charge in [0, 0.05) is 19.2 Å². The van der Waals surface area contributed by atoms with Crippen LogP contribution in [0.15, 0.2) is 6.20 Å². The Morgan fingerprint density at radius 3 is 2.73 bits per heavy atom. The molecule has 1 heterocycles. The molecule has 1 aromatic heterocycles. The van der Waals surface area contributed by atoms with E-state index >= 15 is 0 Å². The summed E-state index contributed by atoms with van der Waals surface area (Å²) in [4.78, 5) is 0. The highest BCUT2D eigenvalue weighted by molar-refractivity contribution is 5.43. The molecule has 0 amide bonds. The predicted molar refractivity (Wildman–Crippen MR) is 44.2 cm³/mol. The van der Waals surface area contributed by atoms with Crippen LogP contribution in [0.2, 0.25) is 0 Å². The molecule has 11 heavy (non-hydrogen) atoms. The molecule has 2 N–H and O–H groups in total. The molecule has 0 aromatic carbocycles. The lowest BCUT2D eigenvalue weighted by Crippen LogP contribution is -2.11. The van der Waals surface area contributed by atoms with Crippen LogP contribution >= 0.6 is 0 Å². The first-order chi connectivity index (χ1) is 5.27. The van der Waals surface area contributed by atoms with Crippen molar-refractivity contribution in [1.29, 1.82) is 0 Å². The van der Waals surface area contributed by atoms with E-state index in [0.717, 1.165) is 11.4 Å². The Labute approximate surface area is 66.2 Å². The van der Waals surface area contributed by atoms with Gasteiger partial charge in [-0.05, 0) is 12.8 Å². The molecule has 2 rings (SSSR count). The average Bonchev–Trinajstić information content (AvgIpc) is 2.07. The first-order valence-corrected chi connectivity index (χ1v) is 4.06. The Hall–Kier alpha value is -0.990. The first kappa shape index (κ1) is 6.70. The van der Waals surface area contributed by atoms with Gasteiger partial charge in [-0.1, -0.05) is 6.42 Å². The summed E-state index contributed by atoms with van der Waals surface area (Å²) in [5.41, 5.74) is 7.74. The summed E-state index contributed by atoms with van der Waals surface area (Å²) >= 11 is 0. The summed E-state index contributed by atoms with van der Waals surface area (Å²) in [6.45, 7) is 0. The van der Waals surface area contributed by atoms with Crippen molar-refractivity contribution in [3.63, 3.8) is 0 Å². The number of aromatic nitrogens is 2. The van der Waals surface area contributed by atoms with Crippen LogP contribution in [0, 0.1) is 0 Å². The van der Waals surface area contributed by atoms with E-state index in [-0.39, 0.29) is 0 Å². The fourth-order valence-corrected chi connectivity index (χ4v) is 1.52. The molecule has 0 unspecified atom stereocenters. The van der Waals surface area contributed by atoms with Crippen LogP contribution in [0.3, 0.4) is 0 Å². The van der Waals surface area contributed by atoms with Crippen LogP contribution in [0.5, 0.6) is 0 Å². The molecule has 1 aliphatic rings. The zero-order chi connectivity index (χ0) is 7.84. The number of nitrogen functional groups attached to an aromatic ring is 1. The van der Waals surface area contributed by atoms with Gasteiger partial charge < -0.3 is 5.73 Å². The number of rotatable bonds is 1. The lowest BCUT2D eigenvalue weighted by atomic mass is 9.82. The monoisotopic (exact) mass is 151 g/mol. The Morgan fingerprint density at radius 1 is 1.64 bits per heavy atom. The molecular formula is C8H13N3. The lowest BCUT2D eigenvalue weighted by molar-refractivity contribution is 0.409. The summed E-state index contributed by atoms with van der Waals surface area (Å²) in [6, 6.07) is 0. The SMILES string of the molecule is Cn1cc(N)c(C2CCC2)n1. The van der Waals surface area contributed by atoms with Crippen molar-refractivity contribution in [3.8, 4) is 0 Å². The van der Waals surface area contributed by atoms with Crippen molar-refractivity contribution >= 4 is 5.69 Å². The van der Waals surface area contributed by atoms with Crippen LogP contribution in [-0.2, 0) is 7.05 Å². The number of hydrogen-bond donors (Lipinski definition) is 1. The van der Waals surface area contributed by atoms with Crippen LogP contribution in [-0.4, -0.2) is 9.78 Å². The fourth-order valence-electron chi connectivity index (χ4n) is 1.52. The highest BCUT2D eigenvalue weighted by Gasteiger charge is 2.23. The van der Waals surface area contributed by atoms with Gasteiger partial charge in [0.2, 0.25) is 0 Å². The van der Waals surface area contributed by atoms with Crippen LogP contribution in [0.4, 0.5) is 5.69 Å². The van der Waals surface area contributed by atoms with E-state index in [1.807, 2.05) is 13.2 Å². The van der Waals surface area contributed by atoms with Crippen molar-refractivity contribution < 1.29 is 0 Å². The van der Waals surface area contributed by atoms with Crippen molar-refractivity contribution in [2.45, 2.75) is 25.2 Å². The number of nitrogens with two attached hydrogens (primary N) is 1. The van der Waals surface area contributed by atoms with Crippen LogP contribution in [0.25, 0.3) is 0 Å². The highest BCUT2D eigenvalue weighted by atomic mass is 15.3. The molecule has 1 aromatic rings. The van der Waals surface area contributed by atoms with Gasteiger partial charge in [0.25, 0.3) is 0 Å². The number of hydrogen-bond acceptors (Lipinski definition) is 2. The molecule has 1 aliphatic carbocycles. The minimum absolute atomic E-state index is 0.649. The Bertz CT molecular complexity index is 260. The topological polar surface area (TPSA) is 43.8 Å². The normalized spacial score (nSPS) is 18.3. The molecule has 0 radical (unpaired) electrons. The molecule has 1 fully saturated rings. The third-order valence-corrected chi connectivity index (χ3v) is 2.38. The number of nitrogens with zero attached hydrogens (tertiary/aromatic N) is 2. The van der Waals surface area contributed by atoms with Gasteiger partial charge in [0.05, 0.1) is 11.4 Å².